The van der Waals surface area contributed by atoms with E-state index in [4.69, 9.17) is 0 Å². The van der Waals surface area contributed by atoms with Crippen LogP contribution in [0.15, 0.2) is 24.3 Å². The lowest BCUT2D eigenvalue weighted by Gasteiger charge is -2.37. The van der Waals surface area contributed by atoms with Gasteiger partial charge in [-0.05, 0) is 43.5 Å². The normalized spacial score (nSPS) is 30.5. The first-order valence-electron chi connectivity index (χ1n) is 7.36. The van der Waals surface area contributed by atoms with Crippen LogP contribution in [0, 0.1) is 5.92 Å². The molecule has 1 amide bonds. The van der Waals surface area contributed by atoms with Crippen molar-refractivity contribution >= 4 is 11.6 Å². The van der Waals surface area contributed by atoms with Crippen LogP contribution in [-0.4, -0.2) is 25.0 Å². The number of hydrogen-bond donors (Lipinski definition) is 1. The summed E-state index contributed by atoms with van der Waals surface area (Å²) < 4.78 is 0. The van der Waals surface area contributed by atoms with Crippen LogP contribution in [0.25, 0.3) is 0 Å². The van der Waals surface area contributed by atoms with Crippen LogP contribution >= 0.6 is 0 Å². The highest BCUT2D eigenvalue weighted by molar-refractivity contribution is 6.05. The first kappa shape index (κ1) is 12.7. The minimum Gasteiger partial charge on any atom is -0.316 e. The maximum atomic E-state index is 12.7. The van der Waals surface area contributed by atoms with Gasteiger partial charge in [0, 0.05) is 11.7 Å². The molecule has 0 aliphatic carbocycles. The second kappa shape index (κ2) is 4.97. The van der Waals surface area contributed by atoms with Gasteiger partial charge >= 0.3 is 0 Å². The van der Waals surface area contributed by atoms with Crippen LogP contribution in [0.1, 0.15) is 38.2 Å². The van der Waals surface area contributed by atoms with Gasteiger partial charge in [-0.1, -0.05) is 32.0 Å². The zero-order valence-corrected chi connectivity index (χ0v) is 11.7. The number of nitrogens with zero attached hydrogens (tertiary/aromatic N) is 1. The molecule has 1 fully saturated rings. The smallest absolute Gasteiger partial charge is 0.234 e. The third-order valence-electron chi connectivity index (χ3n) is 4.59. The summed E-state index contributed by atoms with van der Waals surface area (Å²) in [6.45, 7) is 6.37. The molecule has 3 heteroatoms. The Kier molecular flexibility index (Phi) is 3.31. The van der Waals surface area contributed by atoms with Gasteiger partial charge in [-0.3, -0.25) is 4.79 Å². The predicted molar refractivity (Wildman–Crippen MR) is 77.4 cm³/mol. The average Bonchev–Trinajstić information content (AvgIpc) is 2.71. The fraction of sp³-hybridized carbons (Fsp3) is 0.562. The second-order valence-corrected chi connectivity index (χ2v) is 5.77. The number of hydrogen-bond acceptors (Lipinski definition) is 2. The van der Waals surface area contributed by atoms with E-state index in [-0.39, 0.29) is 5.92 Å². The van der Waals surface area contributed by atoms with Crippen molar-refractivity contribution in [1.82, 2.24) is 5.32 Å². The molecule has 1 unspecified atom stereocenters. The highest BCUT2D eigenvalue weighted by Crippen LogP contribution is 2.41. The lowest BCUT2D eigenvalue weighted by molar-refractivity contribution is -0.120. The van der Waals surface area contributed by atoms with Crippen molar-refractivity contribution in [2.45, 2.75) is 38.6 Å². The molecule has 0 spiro atoms. The first-order valence-corrected chi connectivity index (χ1v) is 7.36. The van der Waals surface area contributed by atoms with Crippen LogP contribution in [0.4, 0.5) is 5.69 Å². The molecule has 1 N–H and O–H groups in total. The Labute approximate surface area is 115 Å². The zero-order valence-electron chi connectivity index (χ0n) is 11.7. The lowest BCUT2D eigenvalue weighted by Crippen LogP contribution is -2.50. The van der Waals surface area contributed by atoms with Gasteiger partial charge < -0.3 is 10.2 Å². The topological polar surface area (TPSA) is 32.3 Å². The monoisotopic (exact) mass is 258 g/mol. The van der Waals surface area contributed by atoms with Crippen LogP contribution in [0.2, 0.25) is 0 Å². The molecule has 1 aromatic carbocycles. The predicted octanol–water partition coefficient (Wildman–Crippen LogP) is 2.52. The minimum absolute atomic E-state index is 0.0679. The molecule has 0 radical (unpaired) electrons. The molecule has 0 bridgehead atoms. The van der Waals surface area contributed by atoms with E-state index < -0.39 is 0 Å². The Morgan fingerprint density at radius 2 is 2.16 bits per heavy atom. The molecule has 0 aromatic heterocycles. The number of piperidine rings is 1. The van der Waals surface area contributed by atoms with E-state index in [1.165, 1.54) is 5.56 Å². The molecule has 19 heavy (non-hydrogen) atoms. The van der Waals surface area contributed by atoms with Gasteiger partial charge in [-0.2, -0.15) is 0 Å². The van der Waals surface area contributed by atoms with Gasteiger partial charge in [0.2, 0.25) is 5.91 Å². The Balaban J connectivity index is 1.99. The second-order valence-electron chi connectivity index (χ2n) is 5.77. The lowest BCUT2D eigenvalue weighted by atomic mass is 9.93. The van der Waals surface area contributed by atoms with Gasteiger partial charge in [-0.25, -0.2) is 0 Å². The fourth-order valence-corrected chi connectivity index (χ4v) is 3.54. The number of fused-ring (bicyclic) bond motifs is 1. The van der Waals surface area contributed by atoms with Gasteiger partial charge in [-0.15, -0.1) is 0 Å². The van der Waals surface area contributed by atoms with E-state index in [1.807, 2.05) is 12.1 Å². The Hall–Kier alpha value is -1.35. The molecular weight excluding hydrogens is 236 g/mol. The number of carbonyl (C=O) groups is 1. The summed E-state index contributed by atoms with van der Waals surface area (Å²) in [7, 11) is 0. The molecule has 0 saturated carbocycles. The Morgan fingerprint density at radius 1 is 1.37 bits per heavy atom. The number of para-hydroxylation sites is 1. The summed E-state index contributed by atoms with van der Waals surface area (Å²) >= 11 is 0. The van der Waals surface area contributed by atoms with Gasteiger partial charge in [0.05, 0.1) is 5.92 Å². The molecule has 1 saturated heterocycles. The molecule has 3 rings (SSSR count). The van der Waals surface area contributed by atoms with Gasteiger partial charge in [0.25, 0.3) is 0 Å². The van der Waals surface area contributed by atoms with Crippen LogP contribution in [-0.2, 0) is 4.79 Å². The highest BCUT2D eigenvalue weighted by atomic mass is 16.2. The van der Waals surface area contributed by atoms with Crippen molar-refractivity contribution in [2.24, 2.45) is 5.92 Å². The minimum atomic E-state index is 0.0679. The number of anilines is 1. The maximum absolute atomic E-state index is 12.7. The molecule has 102 valence electrons. The van der Waals surface area contributed by atoms with E-state index in [0.29, 0.717) is 17.9 Å². The van der Waals surface area contributed by atoms with Crippen LogP contribution in [0.5, 0.6) is 0 Å². The summed E-state index contributed by atoms with van der Waals surface area (Å²) in [6, 6.07) is 8.67. The quantitative estimate of drug-likeness (QED) is 0.884. The number of benzene rings is 1. The number of amides is 1. The van der Waals surface area contributed by atoms with Crippen molar-refractivity contribution in [1.29, 1.82) is 0 Å². The zero-order chi connectivity index (χ0) is 13.4. The summed E-state index contributed by atoms with van der Waals surface area (Å²) in [6.07, 6.45) is 1.95. The Bertz CT molecular complexity index is 485. The van der Waals surface area contributed by atoms with Gasteiger partial charge in [0.15, 0.2) is 0 Å². The molecule has 3 atom stereocenters. The van der Waals surface area contributed by atoms with Crippen molar-refractivity contribution in [3.8, 4) is 0 Å². The summed E-state index contributed by atoms with van der Waals surface area (Å²) in [5, 5.41) is 3.41. The third kappa shape index (κ3) is 1.96. The van der Waals surface area contributed by atoms with E-state index in [2.05, 4.69) is 36.2 Å². The number of rotatable bonds is 2. The standard InChI is InChI=1S/C16H22N2O/c1-3-12-13-6-4-5-7-15(13)18(16(12)19)14-8-9-17-10-11(14)2/h4-7,11-12,14,17H,3,8-10H2,1-2H3/t11-,12?,14-/m1/s1. The molecule has 1 aromatic rings. The largest absolute Gasteiger partial charge is 0.316 e. The van der Waals surface area contributed by atoms with Crippen molar-refractivity contribution in [3.05, 3.63) is 29.8 Å². The molecule has 2 aliphatic rings. The summed E-state index contributed by atoms with van der Waals surface area (Å²) in [5.74, 6) is 0.891. The maximum Gasteiger partial charge on any atom is 0.234 e. The third-order valence-corrected chi connectivity index (χ3v) is 4.59. The van der Waals surface area contributed by atoms with E-state index in [1.54, 1.807) is 0 Å². The molecular formula is C16H22N2O. The average molecular weight is 258 g/mol. The van der Waals surface area contributed by atoms with Gasteiger partial charge in [0.1, 0.15) is 0 Å². The van der Waals surface area contributed by atoms with Crippen molar-refractivity contribution in [3.63, 3.8) is 0 Å². The molecule has 2 aliphatic heterocycles. The highest BCUT2D eigenvalue weighted by Gasteiger charge is 2.41. The SMILES string of the molecule is CCC1C(=O)N([C@@H]2CCNC[C@H]2C)c2ccccc21. The van der Waals surface area contributed by atoms with E-state index >= 15 is 0 Å². The molecule has 3 nitrogen and oxygen atoms in total. The fourth-order valence-electron chi connectivity index (χ4n) is 3.54. The Morgan fingerprint density at radius 3 is 2.89 bits per heavy atom. The van der Waals surface area contributed by atoms with Crippen molar-refractivity contribution in [2.75, 3.05) is 18.0 Å². The molecule has 2 heterocycles. The van der Waals surface area contributed by atoms with E-state index in [0.717, 1.165) is 31.6 Å². The summed E-state index contributed by atoms with van der Waals surface area (Å²) in [5.41, 5.74) is 2.37. The van der Waals surface area contributed by atoms with Crippen molar-refractivity contribution < 1.29 is 4.79 Å². The number of carbonyl (C=O) groups excluding carboxylic acids is 1. The van der Waals surface area contributed by atoms with Crippen LogP contribution < -0.4 is 10.2 Å². The first-order chi connectivity index (χ1) is 9.24. The van der Waals surface area contributed by atoms with Crippen LogP contribution in [0.3, 0.4) is 0 Å². The summed E-state index contributed by atoms with van der Waals surface area (Å²) in [4.78, 5) is 14.8. The van der Waals surface area contributed by atoms with E-state index in [9.17, 15) is 4.79 Å². The number of nitrogens with one attached hydrogen (secondary N) is 1.